The van der Waals surface area contributed by atoms with E-state index < -0.39 is 10.8 Å². The highest BCUT2D eigenvalue weighted by Crippen LogP contribution is 2.27. The van der Waals surface area contributed by atoms with E-state index in [1.54, 1.807) is 23.7 Å². The summed E-state index contributed by atoms with van der Waals surface area (Å²) < 4.78 is 1.59. The first-order valence-electron chi connectivity index (χ1n) is 10.2. The van der Waals surface area contributed by atoms with Gasteiger partial charge in [0.1, 0.15) is 5.82 Å². The third kappa shape index (κ3) is 3.71. The van der Waals surface area contributed by atoms with Crippen LogP contribution in [-0.2, 0) is 0 Å². The topological polar surface area (TPSA) is 103 Å². The van der Waals surface area contributed by atoms with Gasteiger partial charge in [0, 0.05) is 28.6 Å². The fourth-order valence-electron chi connectivity index (χ4n) is 3.95. The van der Waals surface area contributed by atoms with E-state index in [1.807, 2.05) is 26.8 Å². The number of carbonyl (C=O) groups is 1. The number of pyridine rings is 1. The Kier molecular flexibility index (Phi) is 5.22. The van der Waals surface area contributed by atoms with Gasteiger partial charge in [0.05, 0.1) is 16.1 Å². The number of nitro benzene ring substituents is 1. The second-order valence-corrected chi connectivity index (χ2v) is 8.02. The normalized spacial score (nSPS) is 11.0. The number of nitrogens with one attached hydrogen (secondary N) is 1. The summed E-state index contributed by atoms with van der Waals surface area (Å²) in [6.45, 7) is 9.49. The maximum atomic E-state index is 13.0. The SMILES string of the molecule is Cc1cc(C)c2nc(-n3nc(C)cc3NC(=O)c3cccc([N+](=O)[O-])c3C)cc(C)c2c1. The van der Waals surface area contributed by atoms with Gasteiger partial charge in [-0.2, -0.15) is 9.78 Å². The van der Waals surface area contributed by atoms with Gasteiger partial charge in [0.15, 0.2) is 5.82 Å². The summed E-state index contributed by atoms with van der Waals surface area (Å²) in [5, 5.41) is 19.7. The molecule has 0 saturated heterocycles. The van der Waals surface area contributed by atoms with Crippen LogP contribution < -0.4 is 5.32 Å². The van der Waals surface area contributed by atoms with Crippen molar-refractivity contribution in [1.29, 1.82) is 0 Å². The van der Waals surface area contributed by atoms with Gasteiger partial charge in [-0.25, -0.2) is 4.98 Å². The lowest BCUT2D eigenvalue weighted by atomic mass is 10.0. The molecular formula is C24H23N5O3. The molecule has 4 rings (SSSR count). The highest BCUT2D eigenvalue weighted by atomic mass is 16.6. The van der Waals surface area contributed by atoms with Crippen LogP contribution in [0.1, 0.15) is 38.3 Å². The maximum Gasteiger partial charge on any atom is 0.273 e. The second-order valence-electron chi connectivity index (χ2n) is 8.02. The lowest BCUT2D eigenvalue weighted by Crippen LogP contribution is -2.17. The number of carbonyl (C=O) groups excluding carboxylic acids is 1. The predicted molar refractivity (Wildman–Crippen MR) is 124 cm³/mol. The minimum atomic E-state index is -0.494. The lowest BCUT2D eigenvalue weighted by molar-refractivity contribution is -0.385. The number of aromatic nitrogens is 3. The Morgan fingerprint density at radius 3 is 2.50 bits per heavy atom. The molecule has 2 aromatic heterocycles. The minimum absolute atomic E-state index is 0.0973. The van der Waals surface area contributed by atoms with Crippen LogP contribution in [0.2, 0.25) is 0 Å². The quantitative estimate of drug-likeness (QED) is 0.358. The number of anilines is 1. The minimum Gasteiger partial charge on any atom is -0.306 e. The molecule has 32 heavy (non-hydrogen) atoms. The Morgan fingerprint density at radius 1 is 1.03 bits per heavy atom. The fourth-order valence-corrected chi connectivity index (χ4v) is 3.95. The smallest absolute Gasteiger partial charge is 0.273 e. The van der Waals surface area contributed by atoms with Crippen LogP contribution in [-0.4, -0.2) is 25.6 Å². The zero-order valence-electron chi connectivity index (χ0n) is 18.6. The van der Waals surface area contributed by atoms with Gasteiger partial charge < -0.3 is 5.32 Å². The summed E-state index contributed by atoms with van der Waals surface area (Å²) >= 11 is 0. The average molecular weight is 429 g/mol. The molecule has 0 aliphatic rings. The van der Waals surface area contributed by atoms with Crippen LogP contribution in [0.15, 0.2) is 42.5 Å². The van der Waals surface area contributed by atoms with Crippen LogP contribution in [0.3, 0.4) is 0 Å². The van der Waals surface area contributed by atoms with E-state index >= 15 is 0 Å². The van der Waals surface area contributed by atoms with Crippen LogP contribution >= 0.6 is 0 Å². The number of nitrogens with zero attached hydrogens (tertiary/aromatic N) is 4. The van der Waals surface area contributed by atoms with Crippen LogP contribution in [0, 0.1) is 44.7 Å². The van der Waals surface area contributed by atoms with Crippen LogP contribution in [0.4, 0.5) is 11.5 Å². The van der Waals surface area contributed by atoms with Crippen molar-refractivity contribution >= 4 is 28.3 Å². The number of hydrogen-bond acceptors (Lipinski definition) is 5. The Labute approximate surface area is 185 Å². The number of rotatable bonds is 4. The van der Waals surface area contributed by atoms with Crippen molar-refractivity contribution in [3.63, 3.8) is 0 Å². The van der Waals surface area contributed by atoms with Gasteiger partial charge in [-0.1, -0.05) is 17.7 Å². The second kappa shape index (κ2) is 7.88. The molecule has 1 amide bonds. The molecular weight excluding hydrogens is 406 g/mol. The van der Waals surface area contributed by atoms with E-state index in [0.717, 1.165) is 22.0 Å². The molecule has 1 N–H and O–H groups in total. The summed E-state index contributed by atoms with van der Waals surface area (Å²) in [5.74, 6) is 0.576. The van der Waals surface area contributed by atoms with Crippen molar-refractivity contribution in [2.45, 2.75) is 34.6 Å². The Bertz CT molecular complexity index is 1400. The molecule has 0 radical (unpaired) electrons. The van der Waals surface area contributed by atoms with Crippen LogP contribution in [0.25, 0.3) is 16.7 Å². The molecule has 2 aromatic carbocycles. The van der Waals surface area contributed by atoms with E-state index in [9.17, 15) is 14.9 Å². The van der Waals surface area contributed by atoms with Gasteiger partial charge in [-0.3, -0.25) is 14.9 Å². The average Bonchev–Trinajstić information content (AvgIpc) is 3.08. The molecule has 8 nitrogen and oxygen atoms in total. The first kappa shape index (κ1) is 21.2. The largest absolute Gasteiger partial charge is 0.306 e. The third-order valence-electron chi connectivity index (χ3n) is 5.48. The van der Waals surface area contributed by atoms with E-state index in [1.165, 1.54) is 17.7 Å². The summed E-state index contributed by atoms with van der Waals surface area (Å²) in [6, 6.07) is 12.3. The Morgan fingerprint density at radius 2 is 1.78 bits per heavy atom. The third-order valence-corrected chi connectivity index (χ3v) is 5.48. The van der Waals surface area contributed by atoms with E-state index in [0.29, 0.717) is 22.9 Å². The number of aryl methyl sites for hydroxylation is 4. The molecule has 0 spiro atoms. The summed E-state index contributed by atoms with van der Waals surface area (Å²) in [5.41, 5.74) is 5.31. The molecule has 0 aliphatic heterocycles. The first-order valence-corrected chi connectivity index (χ1v) is 10.2. The maximum absolute atomic E-state index is 13.0. The predicted octanol–water partition coefficient (Wildman–Crippen LogP) is 5.12. The number of amides is 1. The lowest BCUT2D eigenvalue weighted by Gasteiger charge is -2.13. The van der Waals surface area contributed by atoms with E-state index in [-0.39, 0.29) is 11.3 Å². The van der Waals surface area contributed by atoms with Crippen molar-refractivity contribution in [1.82, 2.24) is 14.8 Å². The van der Waals surface area contributed by atoms with Crippen molar-refractivity contribution in [2.75, 3.05) is 5.32 Å². The van der Waals surface area contributed by atoms with Gasteiger partial charge in [0.2, 0.25) is 0 Å². The van der Waals surface area contributed by atoms with Crippen molar-refractivity contribution in [3.8, 4) is 5.82 Å². The standard InChI is InChI=1S/C24H23N5O3/c1-13-9-15(3)23-19(10-13)14(2)11-21(25-23)28-22(12-16(4)27-28)26-24(30)18-7-6-8-20(17(18)5)29(31)32/h6-12H,1-5H3,(H,26,30). The summed E-state index contributed by atoms with van der Waals surface area (Å²) in [6.07, 6.45) is 0. The highest BCUT2D eigenvalue weighted by molar-refractivity contribution is 6.05. The number of hydrogen-bond donors (Lipinski definition) is 1. The molecule has 162 valence electrons. The monoisotopic (exact) mass is 429 g/mol. The zero-order chi connectivity index (χ0) is 23.2. The fraction of sp³-hybridized carbons (Fsp3) is 0.208. The molecule has 0 aliphatic carbocycles. The number of benzene rings is 2. The number of nitro groups is 1. The molecule has 4 aromatic rings. The first-order chi connectivity index (χ1) is 15.2. The van der Waals surface area contributed by atoms with Crippen molar-refractivity contribution in [3.05, 3.63) is 86.1 Å². The molecule has 0 fully saturated rings. The van der Waals surface area contributed by atoms with E-state index in [4.69, 9.17) is 4.98 Å². The molecule has 0 unspecified atom stereocenters. The van der Waals surface area contributed by atoms with Crippen LogP contribution in [0.5, 0.6) is 0 Å². The van der Waals surface area contributed by atoms with E-state index in [2.05, 4.69) is 29.5 Å². The summed E-state index contributed by atoms with van der Waals surface area (Å²) in [4.78, 5) is 28.5. The van der Waals surface area contributed by atoms with Gasteiger partial charge in [0.25, 0.3) is 11.6 Å². The van der Waals surface area contributed by atoms with Crippen molar-refractivity contribution < 1.29 is 9.72 Å². The molecule has 0 saturated carbocycles. The number of fused-ring (bicyclic) bond motifs is 1. The molecule has 8 heteroatoms. The Hall–Kier alpha value is -4.07. The molecule has 2 heterocycles. The molecule has 0 bridgehead atoms. The molecule has 0 atom stereocenters. The highest BCUT2D eigenvalue weighted by Gasteiger charge is 2.20. The summed E-state index contributed by atoms with van der Waals surface area (Å²) in [7, 11) is 0. The van der Waals surface area contributed by atoms with Gasteiger partial charge in [-0.15, -0.1) is 0 Å². The van der Waals surface area contributed by atoms with Gasteiger partial charge >= 0.3 is 0 Å². The van der Waals surface area contributed by atoms with Crippen molar-refractivity contribution in [2.24, 2.45) is 0 Å². The Balaban J connectivity index is 1.77. The van der Waals surface area contributed by atoms with Gasteiger partial charge in [-0.05, 0) is 63.9 Å². The zero-order valence-corrected chi connectivity index (χ0v) is 18.6.